The predicted molar refractivity (Wildman–Crippen MR) is 84.5 cm³/mol. The summed E-state index contributed by atoms with van der Waals surface area (Å²) in [6, 6.07) is 0. The second kappa shape index (κ2) is 13.5. The molecule has 0 aliphatic carbocycles. The fraction of sp³-hybridized carbons (Fsp3) is 0.846. The summed E-state index contributed by atoms with van der Waals surface area (Å²) in [5.41, 5.74) is 0. The average Bonchev–Trinajstić information content (AvgIpc) is 2.37. The van der Waals surface area contributed by atoms with Crippen LogP contribution in [0.1, 0.15) is 61.1 Å². The zero-order valence-corrected chi connectivity index (χ0v) is 16.0. The Balaban J connectivity index is -0.000000667. The van der Waals surface area contributed by atoms with E-state index in [0.717, 1.165) is 25.7 Å². The summed E-state index contributed by atoms with van der Waals surface area (Å²) in [6.45, 7) is 2.15. The number of unbranched alkanes of at least 4 members (excludes halogenated alkanes) is 6. The van der Waals surface area contributed by atoms with E-state index in [0.29, 0.717) is 6.42 Å². The van der Waals surface area contributed by atoms with E-state index < -0.39 is 33.7 Å². The van der Waals surface area contributed by atoms with E-state index in [1.165, 1.54) is 12.8 Å². The van der Waals surface area contributed by atoms with Crippen LogP contribution < -0.4 is 0 Å². The van der Waals surface area contributed by atoms with E-state index >= 15 is 0 Å². The minimum absolute atomic E-state index is 0. The molecular formula is C13H26CaO7S. The van der Waals surface area contributed by atoms with Crippen LogP contribution in [0.15, 0.2) is 0 Å². The fourth-order valence-corrected chi connectivity index (χ4v) is 2.46. The van der Waals surface area contributed by atoms with E-state index in [9.17, 15) is 18.0 Å². The van der Waals surface area contributed by atoms with Gasteiger partial charge >= 0.3 is 49.7 Å². The van der Waals surface area contributed by atoms with Crippen LogP contribution in [0.5, 0.6) is 0 Å². The second-order valence-corrected chi connectivity index (χ2v) is 6.49. The summed E-state index contributed by atoms with van der Waals surface area (Å²) in [6.07, 6.45) is 6.07. The van der Waals surface area contributed by atoms with E-state index in [2.05, 4.69) is 6.92 Å². The van der Waals surface area contributed by atoms with Crippen LogP contribution in [0.2, 0.25) is 0 Å². The van der Waals surface area contributed by atoms with E-state index in [4.69, 9.17) is 14.4 Å². The molecule has 7 nitrogen and oxygen atoms in total. The fourth-order valence-electron chi connectivity index (χ4n) is 1.79. The van der Waals surface area contributed by atoms with Gasteiger partial charge in [-0.2, -0.15) is 8.42 Å². The van der Waals surface area contributed by atoms with Crippen molar-refractivity contribution in [3.05, 3.63) is 0 Å². The molecule has 0 saturated carbocycles. The molecule has 128 valence electrons. The van der Waals surface area contributed by atoms with Crippen molar-refractivity contribution in [2.75, 3.05) is 6.61 Å². The monoisotopic (exact) mass is 366 g/mol. The number of aliphatic carboxylic acids is 1. The Morgan fingerprint density at radius 1 is 1.09 bits per heavy atom. The van der Waals surface area contributed by atoms with Crippen LogP contribution in [0, 0.1) is 0 Å². The van der Waals surface area contributed by atoms with Gasteiger partial charge in [0.05, 0.1) is 13.0 Å². The first kappa shape index (κ1) is 24.4. The number of carboxylic acid groups (broad SMARTS) is 1. The molecule has 0 fully saturated rings. The number of ether oxygens (including phenoxy) is 1. The first-order valence-corrected chi connectivity index (χ1v) is 8.64. The van der Waals surface area contributed by atoms with E-state index in [-0.39, 0.29) is 47.2 Å². The van der Waals surface area contributed by atoms with Gasteiger partial charge in [0.1, 0.15) is 0 Å². The first-order chi connectivity index (χ1) is 9.79. The number of esters is 1. The maximum absolute atomic E-state index is 11.5. The Morgan fingerprint density at radius 3 is 2.05 bits per heavy atom. The van der Waals surface area contributed by atoms with Crippen LogP contribution in [-0.4, -0.2) is 79.6 Å². The third-order valence-electron chi connectivity index (χ3n) is 2.97. The molecule has 1 atom stereocenters. The van der Waals surface area contributed by atoms with Gasteiger partial charge in [0.25, 0.3) is 10.1 Å². The molecule has 0 aromatic rings. The zero-order chi connectivity index (χ0) is 16.3. The van der Waals surface area contributed by atoms with Crippen LogP contribution in [0.4, 0.5) is 0 Å². The van der Waals surface area contributed by atoms with Crippen LogP contribution in [-0.2, 0) is 24.4 Å². The van der Waals surface area contributed by atoms with Gasteiger partial charge in [-0.05, 0) is 6.42 Å². The molecule has 0 aromatic carbocycles. The molecule has 0 aromatic heterocycles. The molecule has 0 amide bonds. The summed E-state index contributed by atoms with van der Waals surface area (Å²) < 4.78 is 35.4. The Labute approximate surface area is 164 Å². The van der Waals surface area contributed by atoms with Gasteiger partial charge in [-0.1, -0.05) is 45.4 Å². The maximum Gasteiger partial charge on any atom is 2.00 e. The summed E-state index contributed by atoms with van der Waals surface area (Å²) in [5.74, 6) is -2.71. The van der Waals surface area contributed by atoms with Gasteiger partial charge in [0, 0.05) is 0 Å². The minimum Gasteiger partial charge on any atom is -1.00 e. The molecule has 0 bridgehead atoms. The molecule has 0 saturated heterocycles. The number of carbonyl (C=O) groups is 2. The van der Waals surface area contributed by atoms with Crippen molar-refractivity contribution in [3.8, 4) is 0 Å². The number of carboxylic acids is 1. The summed E-state index contributed by atoms with van der Waals surface area (Å²) >= 11 is 0. The molecule has 0 aliphatic heterocycles. The summed E-state index contributed by atoms with van der Waals surface area (Å²) in [7, 11) is -4.77. The molecule has 2 N–H and O–H groups in total. The third kappa shape index (κ3) is 12.6. The topological polar surface area (TPSA) is 118 Å². The van der Waals surface area contributed by atoms with Crippen LogP contribution in [0.3, 0.4) is 0 Å². The molecule has 0 radical (unpaired) electrons. The molecule has 0 aliphatic rings. The smallest absolute Gasteiger partial charge is 1.00 e. The largest absolute Gasteiger partial charge is 2.00 e. The number of rotatable bonds is 12. The molecule has 0 spiro atoms. The molecule has 0 rings (SSSR count). The number of hydrogen-bond donors (Lipinski definition) is 2. The van der Waals surface area contributed by atoms with E-state index in [1.807, 2.05) is 0 Å². The number of hydrogen-bond acceptors (Lipinski definition) is 5. The Bertz CT molecular complexity index is 432. The van der Waals surface area contributed by atoms with Gasteiger partial charge in [-0.3, -0.25) is 14.1 Å². The third-order valence-corrected chi connectivity index (χ3v) is 4.05. The van der Waals surface area contributed by atoms with Crippen molar-refractivity contribution in [3.63, 3.8) is 0 Å². The molecule has 22 heavy (non-hydrogen) atoms. The second-order valence-electron chi connectivity index (χ2n) is 4.89. The quantitative estimate of drug-likeness (QED) is 0.234. The SMILES string of the molecule is CCCCCCCCCOC(=O)C(CC(=O)O)S(=O)(=O)O.[Ca+2].[H-].[H-]. The molecular weight excluding hydrogens is 340 g/mol. The standard InChI is InChI=1S/C13H24O7S.Ca.2H/c1-2-3-4-5-6-7-8-9-20-13(16)11(10-12(14)15)21(17,18)19;;;/h11H,2-10H2,1H3,(H,14,15)(H,17,18,19);;;/q;+2;2*-1. The van der Waals surface area contributed by atoms with Crippen molar-refractivity contribution in [2.24, 2.45) is 0 Å². The maximum atomic E-state index is 11.5. The van der Waals surface area contributed by atoms with Crippen LogP contribution in [0.25, 0.3) is 0 Å². The molecule has 1 unspecified atom stereocenters. The van der Waals surface area contributed by atoms with Gasteiger partial charge in [-0.25, -0.2) is 0 Å². The average molecular weight is 366 g/mol. The number of carbonyl (C=O) groups excluding carboxylic acids is 1. The predicted octanol–water partition coefficient (Wildman–Crippen LogP) is 1.86. The summed E-state index contributed by atoms with van der Waals surface area (Å²) in [5, 5.41) is 6.47. The minimum atomic E-state index is -4.77. The Morgan fingerprint density at radius 2 is 1.59 bits per heavy atom. The van der Waals surface area contributed by atoms with Crippen LogP contribution >= 0.6 is 0 Å². The normalized spacial score (nSPS) is 12.3. The van der Waals surface area contributed by atoms with Crippen molar-refractivity contribution >= 4 is 59.8 Å². The van der Waals surface area contributed by atoms with Crippen molar-refractivity contribution < 1.29 is 35.3 Å². The van der Waals surface area contributed by atoms with Gasteiger partial charge in [-0.15, -0.1) is 0 Å². The molecule has 9 heteroatoms. The Kier molecular flexibility index (Phi) is 15.0. The Hall–Kier alpha value is 0.110. The van der Waals surface area contributed by atoms with Gasteiger partial charge < -0.3 is 12.7 Å². The van der Waals surface area contributed by atoms with Gasteiger partial charge in [0.2, 0.25) is 0 Å². The van der Waals surface area contributed by atoms with Crippen molar-refractivity contribution in [1.82, 2.24) is 0 Å². The zero-order valence-electron chi connectivity index (χ0n) is 15.0. The van der Waals surface area contributed by atoms with Crippen molar-refractivity contribution in [1.29, 1.82) is 0 Å². The van der Waals surface area contributed by atoms with Gasteiger partial charge in [0.15, 0.2) is 5.25 Å². The van der Waals surface area contributed by atoms with Crippen molar-refractivity contribution in [2.45, 2.75) is 63.5 Å². The summed E-state index contributed by atoms with van der Waals surface area (Å²) in [4.78, 5) is 22.0. The first-order valence-electron chi connectivity index (χ1n) is 7.13. The van der Waals surface area contributed by atoms with E-state index in [1.54, 1.807) is 0 Å². The molecule has 0 heterocycles.